The molecule has 0 bridgehead atoms. The summed E-state index contributed by atoms with van der Waals surface area (Å²) in [5.41, 5.74) is 2.46. The molecule has 26 heavy (non-hydrogen) atoms. The molecule has 2 fully saturated rings. The second-order valence-electron chi connectivity index (χ2n) is 7.23. The van der Waals surface area contributed by atoms with E-state index in [2.05, 4.69) is 15.6 Å². The minimum absolute atomic E-state index is 0.107. The van der Waals surface area contributed by atoms with Crippen LogP contribution in [0.5, 0.6) is 0 Å². The minimum Gasteiger partial charge on any atom is -0.351 e. The van der Waals surface area contributed by atoms with Gasteiger partial charge in [-0.2, -0.15) is 4.98 Å². The molecule has 4 rings (SSSR count). The van der Waals surface area contributed by atoms with E-state index < -0.39 is 0 Å². The van der Waals surface area contributed by atoms with Crippen molar-refractivity contribution in [1.82, 2.24) is 9.97 Å². The Morgan fingerprint density at radius 2 is 1.92 bits per heavy atom. The van der Waals surface area contributed by atoms with Crippen molar-refractivity contribution in [3.05, 3.63) is 45.6 Å². The summed E-state index contributed by atoms with van der Waals surface area (Å²) in [7, 11) is 0. The molecule has 7 heteroatoms. The number of anilines is 3. The zero-order valence-electron chi connectivity index (χ0n) is 14.9. The highest BCUT2D eigenvalue weighted by atomic mass is 16.6. The zero-order chi connectivity index (χ0) is 18.1. The Bertz CT molecular complexity index is 829. The monoisotopic (exact) mass is 353 g/mol. The fourth-order valence-electron chi connectivity index (χ4n) is 3.53. The molecular weight excluding hydrogens is 330 g/mol. The number of nitrogens with one attached hydrogen (secondary N) is 2. The van der Waals surface area contributed by atoms with Crippen molar-refractivity contribution in [3.8, 4) is 0 Å². The Morgan fingerprint density at radius 3 is 2.62 bits per heavy atom. The summed E-state index contributed by atoms with van der Waals surface area (Å²) in [5, 5.41) is 17.9. The lowest BCUT2D eigenvalue weighted by molar-refractivity contribution is -0.385. The lowest BCUT2D eigenvalue weighted by Crippen LogP contribution is -2.17. The predicted octanol–water partition coefficient (Wildman–Crippen LogP) is 4.67. The highest BCUT2D eigenvalue weighted by Gasteiger charge is 2.27. The lowest BCUT2D eigenvalue weighted by Gasteiger charge is -2.15. The lowest BCUT2D eigenvalue weighted by atomic mass is 10.1. The quantitative estimate of drug-likeness (QED) is 0.579. The first kappa shape index (κ1) is 16.8. The summed E-state index contributed by atoms with van der Waals surface area (Å²) in [6.07, 6.45) is 7.13. The summed E-state index contributed by atoms with van der Waals surface area (Å²) in [6, 6.07) is 7.45. The van der Waals surface area contributed by atoms with E-state index in [4.69, 9.17) is 4.98 Å². The molecule has 0 amide bonds. The first-order valence-corrected chi connectivity index (χ1v) is 9.26. The van der Waals surface area contributed by atoms with Gasteiger partial charge in [0, 0.05) is 29.8 Å². The van der Waals surface area contributed by atoms with Crippen LogP contribution in [-0.2, 0) is 0 Å². The molecular formula is C19H23N5O2. The van der Waals surface area contributed by atoms with Crippen LogP contribution < -0.4 is 10.6 Å². The van der Waals surface area contributed by atoms with E-state index >= 15 is 0 Å². The van der Waals surface area contributed by atoms with Gasteiger partial charge in [-0.25, -0.2) is 4.98 Å². The maximum atomic E-state index is 11.2. The van der Waals surface area contributed by atoms with E-state index in [1.807, 2.05) is 12.1 Å². The second kappa shape index (κ2) is 6.90. The van der Waals surface area contributed by atoms with Crippen LogP contribution in [0.15, 0.2) is 24.3 Å². The zero-order valence-corrected chi connectivity index (χ0v) is 14.9. The maximum Gasteiger partial charge on any atom is 0.274 e. The molecule has 2 aromatic rings. The van der Waals surface area contributed by atoms with Crippen LogP contribution in [-0.4, -0.2) is 20.9 Å². The van der Waals surface area contributed by atoms with E-state index in [0.717, 1.165) is 31.4 Å². The van der Waals surface area contributed by atoms with Gasteiger partial charge >= 0.3 is 0 Å². The number of nitrogens with zero attached hydrogens (tertiary/aromatic N) is 3. The van der Waals surface area contributed by atoms with E-state index in [1.54, 1.807) is 13.0 Å². The Balaban J connectivity index is 1.62. The van der Waals surface area contributed by atoms with Crippen molar-refractivity contribution >= 4 is 23.1 Å². The third-order valence-electron chi connectivity index (χ3n) is 5.19. The van der Waals surface area contributed by atoms with Gasteiger partial charge in [-0.3, -0.25) is 10.1 Å². The van der Waals surface area contributed by atoms with E-state index in [1.165, 1.54) is 18.9 Å². The molecule has 0 spiro atoms. The van der Waals surface area contributed by atoms with Gasteiger partial charge < -0.3 is 10.6 Å². The first-order valence-electron chi connectivity index (χ1n) is 9.26. The smallest absolute Gasteiger partial charge is 0.274 e. The molecule has 0 radical (unpaired) electrons. The first-order chi connectivity index (χ1) is 12.6. The highest BCUT2D eigenvalue weighted by molar-refractivity contribution is 5.66. The van der Waals surface area contributed by atoms with Crippen molar-refractivity contribution in [3.63, 3.8) is 0 Å². The van der Waals surface area contributed by atoms with E-state index in [-0.39, 0.29) is 10.6 Å². The fourth-order valence-corrected chi connectivity index (χ4v) is 3.53. The van der Waals surface area contributed by atoms with Crippen LogP contribution in [0.25, 0.3) is 0 Å². The van der Waals surface area contributed by atoms with Gasteiger partial charge in [-0.15, -0.1) is 0 Å². The van der Waals surface area contributed by atoms with Crippen molar-refractivity contribution in [1.29, 1.82) is 0 Å². The molecule has 136 valence electrons. The predicted molar refractivity (Wildman–Crippen MR) is 101 cm³/mol. The summed E-state index contributed by atoms with van der Waals surface area (Å²) < 4.78 is 0. The van der Waals surface area contributed by atoms with Gasteiger partial charge in [-0.1, -0.05) is 18.9 Å². The van der Waals surface area contributed by atoms with Crippen LogP contribution in [0.3, 0.4) is 0 Å². The van der Waals surface area contributed by atoms with Crippen molar-refractivity contribution in [2.75, 3.05) is 10.6 Å². The second-order valence-corrected chi connectivity index (χ2v) is 7.23. The van der Waals surface area contributed by atoms with Crippen molar-refractivity contribution < 1.29 is 4.92 Å². The number of hydrogen-bond acceptors (Lipinski definition) is 6. The number of nitro benzene ring substituents is 1. The third kappa shape index (κ3) is 3.61. The Hall–Kier alpha value is -2.70. The summed E-state index contributed by atoms with van der Waals surface area (Å²) in [5.74, 6) is 1.85. The Morgan fingerprint density at radius 1 is 1.15 bits per heavy atom. The standard InChI is InChI=1S/C19H23N5O2/c1-12-15(7-4-8-17(12)24(25)26)21-18-11-16(13-9-10-13)22-19(23-18)20-14-5-2-3-6-14/h4,7-8,11,13-14H,2-3,5-6,9-10H2,1H3,(H2,20,21,22,23). The average molecular weight is 353 g/mol. The van der Waals surface area contributed by atoms with Gasteiger partial charge in [0.1, 0.15) is 5.82 Å². The molecule has 1 heterocycles. The Kier molecular flexibility index (Phi) is 4.44. The van der Waals surface area contributed by atoms with Gasteiger partial charge in [0.05, 0.1) is 16.2 Å². The molecule has 1 aromatic carbocycles. The van der Waals surface area contributed by atoms with Gasteiger partial charge in [0.25, 0.3) is 5.69 Å². The number of rotatable bonds is 6. The van der Waals surface area contributed by atoms with Gasteiger partial charge in [0.15, 0.2) is 0 Å². The average Bonchev–Trinajstić information content (AvgIpc) is 3.35. The molecule has 7 nitrogen and oxygen atoms in total. The number of hydrogen-bond donors (Lipinski definition) is 2. The number of aromatic nitrogens is 2. The highest BCUT2D eigenvalue weighted by Crippen LogP contribution is 2.40. The molecule has 1 aromatic heterocycles. The molecule has 0 unspecified atom stereocenters. The molecule has 2 aliphatic carbocycles. The largest absolute Gasteiger partial charge is 0.351 e. The van der Waals surface area contributed by atoms with Gasteiger partial charge in [0.2, 0.25) is 5.95 Å². The molecule has 0 saturated heterocycles. The molecule has 2 N–H and O–H groups in total. The third-order valence-corrected chi connectivity index (χ3v) is 5.19. The van der Waals surface area contributed by atoms with E-state index in [0.29, 0.717) is 35.0 Å². The van der Waals surface area contributed by atoms with E-state index in [9.17, 15) is 10.1 Å². The van der Waals surface area contributed by atoms with Crippen LogP contribution in [0, 0.1) is 17.0 Å². The fraction of sp³-hybridized carbons (Fsp3) is 0.474. The van der Waals surface area contributed by atoms with Crippen LogP contribution >= 0.6 is 0 Å². The Labute approximate surface area is 152 Å². The van der Waals surface area contributed by atoms with Crippen LogP contribution in [0.4, 0.5) is 23.1 Å². The molecule has 0 aliphatic heterocycles. The SMILES string of the molecule is Cc1c(Nc2cc(C3CC3)nc(NC3CCCC3)n2)cccc1[N+](=O)[O-]. The maximum absolute atomic E-state index is 11.2. The molecule has 2 saturated carbocycles. The molecule has 0 atom stereocenters. The summed E-state index contributed by atoms with van der Waals surface area (Å²) in [4.78, 5) is 20.1. The normalized spacial score (nSPS) is 17.3. The van der Waals surface area contributed by atoms with Crippen molar-refractivity contribution in [2.24, 2.45) is 0 Å². The topological polar surface area (TPSA) is 93.0 Å². The summed E-state index contributed by atoms with van der Waals surface area (Å²) >= 11 is 0. The number of benzene rings is 1. The van der Waals surface area contributed by atoms with Crippen molar-refractivity contribution in [2.45, 2.75) is 57.4 Å². The van der Waals surface area contributed by atoms with Crippen LogP contribution in [0.2, 0.25) is 0 Å². The number of nitro groups is 1. The minimum atomic E-state index is -0.358. The van der Waals surface area contributed by atoms with Gasteiger partial charge in [-0.05, 0) is 38.7 Å². The molecule has 2 aliphatic rings. The summed E-state index contributed by atoms with van der Waals surface area (Å²) in [6.45, 7) is 1.75. The van der Waals surface area contributed by atoms with Crippen LogP contribution in [0.1, 0.15) is 55.7 Å².